The molecule has 2 N–H and O–H groups in total. The highest BCUT2D eigenvalue weighted by molar-refractivity contribution is 6.12. The number of aliphatic imine (C=N–C) groups is 1. The van der Waals surface area contributed by atoms with Gasteiger partial charge < -0.3 is 15.5 Å². The summed E-state index contributed by atoms with van der Waals surface area (Å²) in [7, 11) is 4.08. The molecule has 2 aromatic rings. The third-order valence-corrected chi connectivity index (χ3v) is 4.35. The van der Waals surface area contributed by atoms with Crippen LogP contribution in [0.4, 0.5) is 21.5 Å². The van der Waals surface area contributed by atoms with Gasteiger partial charge in [-0.3, -0.25) is 9.79 Å². The Morgan fingerprint density at radius 2 is 2.08 bits per heavy atom. The Hall–Kier alpha value is -2.73. The fourth-order valence-corrected chi connectivity index (χ4v) is 2.91. The molecule has 0 fully saturated rings. The van der Waals surface area contributed by atoms with Crippen molar-refractivity contribution in [3.05, 3.63) is 53.3 Å². The number of hydrogen-bond donors (Lipinski definition) is 2. The highest BCUT2D eigenvalue weighted by Gasteiger charge is 2.29. The molecule has 2 aromatic carbocycles. The molecule has 1 atom stereocenters. The van der Waals surface area contributed by atoms with Gasteiger partial charge in [0.1, 0.15) is 11.7 Å². The highest BCUT2D eigenvalue weighted by atomic mass is 19.1. The number of anilines is 2. The molecule has 3 rings (SSSR count). The van der Waals surface area contributed by atoms with Crippen molar-refractivity contribution in [1.29, 1.82) is 0 Å². The number of nitrogens with zero attached hydrogens (tertiary/aromatic N) is 2. The topological polar surface area (TPSA) is 56.7 Å². The first-order valence-corrected chi connectivity index (χ1v) is 8.58. The Morgan fingerprint density at radius 3 is 2.81 bits per heavy atom. The van der Waals surface area contributed by atoms with E-state index in [1.807, 2.05) is 39.2 Å². The van der Waals surface area contributed by atoms with Crippen molar-refractivity contribution in [3.8, 4) is 0 Å². The van der Waals surface area contributed by atoms with Crippen molar-refractivity contribution in [2.24, 2.45) is 4.99 Å². The van der Waals surface area contributed by atoms with E-state index in [1.54, 1.807) is 12.3 Å². The van der Waals surface area contributed by atoms with Crippen LogP contribution in [0, 0.1) is 12.7 Å². The number of likely N-dealkylation sites (N-methyl/N-ethyl adjacent to an activating group) is 1. The summed E-state index contributed by atoms with van der Waals surface area (Å²) >= 11 is 0. The van der Waals surface area contributed by atoms with Crippen LogP contribution in [0.3, 0.4) is 0 Å². The lowest BCUT2D eigenvalue weighted by molar-refractivity contribution is -0.115. The Kier molecular flexibility index (Phi) is 5.32. The molecule has 5 nitrogen and oxygen atoms in total. The molecular weight excluding hydrogens is 331 g/mol. The first kappa shape index (κ1) is 18.1. The summed E-state index contributed by atoms with van der Waals surface area (Å²) in [6.45, 7) is 3.85. The van der Waals surface area contributed by atoms with Gasteiger partial charge in [-0.05, 0) is 62.5 Å². The maximum absolute atomic E-state index is 13.3. The molecule has 136 valence electrons. The third-order valence-electron chi connectivity index (χ3n) is 4.35. The molecule has 1 aliphatic rings. The number of benzene rings is 2. The highest BCUT2D eigenvalue weighted by Crippen LogP contribution is 2.32. The van der Waals surface area contributed by atoms with Crippen LogP contribution in [0.1, 0.15) is 17.0 Å². The standard InChI is InChI=1S/C20H23FN4O/c1-13-10-15(5-7-18(13)22-8-9-25(2)3)23-12-17-16-6-4-14(21)11-19(16)24-20(17)26/h4-7,10-12,17,22H,8-9H2,1-3H3,(H,24,26). The lowest BCUT2D eigenvalue weighted by Crippen LogP contribution is -2.21. The predicted molar refractivity (Wildman–Crippen MR) is 104 cm³/mol. The van der Waals surface area contributed by atoms with Crippen molar-refractivity contribution in [3.63, 3.8) is 0 Å². The largest absolute Gasteiger partial charge is 0.384 e. The second-order valence-corrected chi connectivity index (χ2v) is 6.71. The van der Waals surface area contributed by atoms with E-state index in [0.717, 1.165) is 35.6 Å². The molecule has 0 spiro atoms. The van der Waals surface area contributed by atoms with Crippen molar-refractivity contribution < 1.29 is 9.18 Å². The van der Waals surface area contributed by atoms with Gasteiger partial charge in [-0.2, -0.15) is 0 Å². The summed E-state index contributed by atoms with van der Waals surface area (Å²) in [5.74, 6) is -1.05. The Morgan fingerprint density at radius 1 is 1.27 bits per heavy atom. The normalized spacial score (nSPS) is 16.2. The minimum absolute atomic E-state index is 0.187. The Bertz CT molecular complexity index is 848. The Labute approximate surface area is 152 Å². The molecule has 1 aliphatic heterocycles. The first-order valence-electron chi connectivity index (χ1n) is 8.58. The van der Waals surface area contributed by atoms with E-state index >= 15 is 0 Å². The number of amides is 1. The number of nitrogens with one attached hydrogen (secondary N) is 2. The van der Waals surface area contributed by atoms with Gasteiger partial charge in [0.05, 0.1) is 5.69 Å². The molecule has 0 saturated carbocycles. The van der Waals surface area contributed by atoms with Gasteiger partial charge in [0.15, 0.2) is 0 Å². The first-order chi connectivity index (χ1) is 12.4. The summed E-state index contributed by atoms with van der Waals surface area (Å²) < 4.78 is 13.3. The SMILES string of the molecule is Cc1cc(N=CC2C(=O)Nc3cc(F)ccc32)ccc1NCCN(C)C. The minimum Gasteiger partial charge on any atom is -0.384 e. The number of carbonyl (C=O) groups excluding carboxylic acids is 1. The van der Waals surface area contributed by atoms with Gasteiger partial charge in [0.25, 0.3) is 0 Å². The molecule has 26 heavy (non-hydrogen) atoms. The zero-order valence-corrected chi connectivity index (χ0v) is 15.2. The van der Waals surface area contributed by atoms with Crippen LogP contribution in [0.2, 0.25) is 0 Å². The van der Waals surface area contributed by atoms with E-state index in [2.05, 4.69) is 20.5 Å². The van der Waals surface area contributed by atoms with Crippen LogP contribution in [-0.2, 0) is 4.79 Å². The van der Waals surface area contributed by atoms with E-state index < -0.39 is 5.92 Å². The molecule has 0 saturated heterocycles. The maximum atomic E-state index is 13.3. The zero-order valence-electron chi connectivity index (χ0n) is 15.2. The number of fused-ring (bicyclic) bond motifs is 1. The van der Waals surface area contributed by atoms with Gasteiger partial charge >= 0.3 is 0 Å². The van der Waals surface area contributed by atoms with E-state index in [0.29, 0.717) is 5.69 Å². The van der Waals surface area contributed by atoms with Crippen LogP contribution in [0.15, 0.2) is 41.4 Å². The average Bonchev–Trinajstić information content (AvgIpc) is 2.88. The van der Waals surface area contributed by atoms with Gasteiger partial charge in [0, 0.05) is 30.7 Å². The number of hydrogen-bond acceptors (Lipinski definition) is 4. The summed E-state index contributed by atoms with van der Waals surface area (Å²) in [5.41, 5.74) is 4.22. The predicted octanol–water partition coefficient (Wildman–Crippen LogP) is 3.55. The summed E-state index contributed by atoms with van der Waals surface area (Å²) in [4.78, 5) is 18.7. The fraction of sp³-hybridized carbons (Fsp3) is 0.300. The van der Waals surface area contributed by atoms with Crippen LogP contribution in [-0.4, -0.2) is 44.2 Å². The van der Waals surface area contributed by atoms with E-state index in [1.165, 1.54) is 12.1 Å². The number of halogens is 1. The zero-order chi connectivity index (χ0) is 18.7. The van der Waals surface area contributed by atoms with E-state index in [-0.39, 0.29) is 11.7 Å². The van der Waals surface area contributed by atoms with Crippen molar-refractivity contribution in [2.45, 2.75) is 12.8 Å². The van der Waals surface area contributed by atoms with Gasteiger partial charge in [-0.15, -0.1) is 0 Å². The van der Waals surface area contributed by atoms with Gasteiger partial charge in [-0.1, -0.05) is 6.07 Å². The number of carbonyl (C=O) groups is 1. The molecular formula is C20H23FN4O. The molecule has 1 unspecified atom stereocenters. The fourth-order valence-electron chi connectivity index (χ4n) is 2.91. The minimum atomic E-state index is -0.496. The molecule has 0 bridgehead atoms. The average molecular weight is 354 g/mol. The number of aryl methyl sites for hydroxylation is 1. The molecule has 0 radical (unpaired) electrons. The lowest BCUT2D eigenvalue weighted by atomic mass is 10.0. The van der Waals surface area contributed by atoms with Crippen LogP contribution < -0.4 is 10.6 Å². The second kappa shape index (κ2) is 7.66. The number of rotatable bonds is 6. The maximum Gasteiger partial charge on any atom is 0.237 e. The van der Waals surface area contributed by atoms with Crippen LogP contribution in [0.25, 0.3) is 0 Å². The summed E-state index contributed by atoms with van der Waals surface area (Å²) in [6, 6.07) is 10.2. The lowest BCUT2D eigenvalue weighted by Gasteiger charge is -2.13. The van der Waals surface area contributed by atoms with Crippen molar-refractivity contribution in [1.82, 2.24) is 4.90 Å². The molecule has 0 aromatic heterocycles. The molecule has 1 heterocycles. The Balaban J connectivity index is 1.71. The van der Waals surface area contributed by atoms with E-state index in [4.69, 9.17) is 0 Å². The molecule has 6 heteroatoms. The van der Waals surface area contributed by atoms with Crippen LogP contribution in [0.5, 0.6) is 0 Å². The van der Waals surface area contributed by atoms with Crippen LogP contribution >= 0.6 is 0 Å². The third kappa shape index (κ3) is 4.08. The van der Waals surface area contributed by atoms with Crippen molar-refractivity contribution >= 4 is 29.2 Å². The second-order valence-electron chi connectivity index (χ2n) is 6.71. The monoisotopic (exact) mass is 354 g/mol. The quantitative estimate of drug-likeness (QED) is 0.780. The summed E-state index contributed by atoms with van der Waals surface area (Å²) in [6.07, 6.45) is 1.62. The smallest absolute Gasteiger partial charge is 0.237 e. The molecule has 1 amide bonds. The van der Waals surface area contributed by atoms with Gasteiger partial charge in [0.2, 0.25) is 5.91 Å². The van der Waals surface area contributed by atoms with Crippen molar-refractivity contribution in [2.75, 3.05) is 37.8 Å². The van der Waals surface area contributed by atoms with Gasteiger partial charge in [-0.25, -0.2) is 4.39 Å². The van der Waals surface area contributed by atoms with E-state index in [9.17, 15) is 9.18 Å². The summed E-state index contributed by atoms with van der Waals surface area (Å²) in [5, 5.41) is 6.09. The molecule has 0 aliphatic carbocycles.